The van der Waals surface area contributed by atoms with Crippen LogP contribution in [0.4, 0.5) is 0 Å². The van der Waals surface area contributed by atoms with Crippen molar-refractivity contribution in [2.24, 2.45) is 5.92 Å². The van der Waals surface area contributed by atoms with Gasteiger partial charge in [-0.05, 0) is 37.0 Å². The minimum absolute atomic E-state index is 0.391. The number of halogens is 1. The molecule has 1 saturated carbocycles. The van der Waals surface area contributed by atoms with E-state index in [4.69, 9.17) is 0 Å². The molecule has 80 valence electrons. The van der Waals surface area contributed by atoms with Crippen molar-refractivity contribution in [3.8, 4) is 0 Å². The normalized spacial score (nSPS) is 15.3. The van der Waals surface area contributed by atoms with Crippen molar-refractivity contribution in [1.82, 2.24) is 0 Å². The second kappa shape index (κ2) is 5.17. The Morgan fingerprint density at radius 3 is 2.93 bits per heavy atom. The molecule has 0 aliphatic heterocycles. The lowest BCUT2D eigenvalue weighted by molar-refractivity contribution is -0.116. The first-order chi connectivity index (χ1) is 7.24. The quantitative estimate of drug-likeness (QED) is 0.763. The van der Waals surface area contributed by atoms with E-state index in [1.165, 1.54) is 12.8 Å². The minimum atomic E-state index is 0.391. The Morgan fingerprint density at radius 1 is 1.47 bits per heavy atom. The van der Waals surface area contributed by atoms with E-state index >= 15 is 0 Å². The van der Waals surface area contributed by atoms with Crippen molar-refractivity contribution in [1.29, 1.82) is 0 Å². The van der Waals surface area contributed by atoms with E-state index in [2.05, 4.69) is 22.0 Å². The lowest BCUT2D eigenvalue weighted by Gasteiger charge is -2.01. The highest BCUT2D eigenvalue weighted by Crippen LogP contribution is 2.33. The average Bonchev–Trinajstić information content (AvgIpc) is 2.99. The standard InChI is InChI=1S/C12H13BrOS/c13-10-2-1-3-12(7-10)15-8-11(14)6-9-4-5-9/h1-3,7,9H,4-6,8H2. The number of benzene rings is 1. The number of thioether (sulfide) groups is 1. The molecule has 1 aliphatic carbocycles. The Bertz CT molecular complexity index is 360. The molecule has 0 amide bonds. The van der Waals surface area contributed by atoms with E-state index in [0.29, 0.717) is 17.5 Å². The zero-order valence-corrected chi connectivity index (χ0v) is 10.8. The van der Waals surface area contributed by atoms with E-state index in [-0.39, 0.29) is 0 Å². The van der Waals surface area contributed by atoms with Gasteiger partial charge in [0.25, 0.3) is 0 Å². The molecule has 0 N–H and O–H groups in total. The van der Waals surface area contributed by atoms with Crippen LogP contribution >= 0.6 is 27.7 Å². The number of hydrogen-bond donors (Lipinski definition) is 0. The van der Waals surface area contributed by atoms with Crippen molar-refractivity contribution < 1.29 is 4.79 Å². The molecule has 0 radical (unpaired) electrons. The molecular weight excluding hydrogens is 272 g/mol. The van der Waals surface area contributed by atoms with Crippen LogP contribution in [0, 0.1) is 5.92 Å². The van der Waals surface area contributed by atoms with E-state index in [0.717, 1.165) is 15.8 Å². The monoisotopic (exact) mass is 284 g/mol. The first kappa shape index (κ1) is 11.2. The fourth-order valence-corrected chi connectivity index (χ4v) is 2.80. The molecule has 1 aliphatic rings. The first-order valence-corrected chi connectivity index (χ1v) is 6.92. The topological polar surface area (TPSA) is 17.1 Å². The molecule has 0 atom stereocenters. The van der Waals surface area contributed by atoms with Gasteiger partial charge in [-0.1, -0.05) is 22.0 Å². The van der Waals surface area contributed by atoms with Crippen molar-refractivity contribution >= 4 is 33.5 Å². The number of carbonyl (C=O) groups is 1. The lowest BCUT2D eigenvalue weighted by Crippen LogP contribution is -2.01. The molecule has 3 heteroatoms. The van der Waals surface area contributed by atoms with Gasteiger partial charge < -0.3 is 0 Å². The predicted molar refractivity (Wildman–Crippen MR) is 67.2 cm³/mol. The molecule has 15 heavy (non-hydrogen) atoms. The summed E-state index contributed by atoms with van der Waals surface area (Å²) in [6, 6.07) is 8.09. The van der Waals surface area contributed by atoms with Crippen LogP contribution in [-0.4, -0.2) is 11.5 Å². The fraction of sp³-hybridized carbons (Fsp3) is 0.417. The van der Waals surface area contributed by atoms with Gasteiger partial charge in [-0.15, -0.1) is 11.8 Å². The third kappa shape index (κ3) is 3.99. The Kier molecular flexibility index (Phi) is 3.87. The zero-order valence-electron chi connectivity index (χ0n) is 8.41. The molecule has 1 aromatic carbocycles. The highest BCUT2D eigenvalue weighted by molar-refractivity contribution is 9.10. The summed E-state index contributed by atoms with van der Waals surface area (Å²) in [5.41, 5.74) is 0. The number of hydrogen-bond acceptors (Lipinski definition) is 2. The molecule has 1 nitrogen and oxygen atoms in total. The molecule has 0 spiro atoms. The summed E-state index contributed by atoms with van der Waals surface area (Å²) in [4.78, 5) is 12.7. The van der Waals surface area contributed by atoms with Crippen LogP contribution in [0.25, 0.3) is 0 Å². The van der Waals surface area contributed by atoms with Crippen LogP contribution in [-0.2, 0) is 4.79 Å². The summed E-state index contributed by atoms with van der Waals surface area (Å²) in [7, 11) is 0. The summed E-state index contributed by atoms with van der Waals surface area (Å²) in [5, 5.41) is 0. The molecule has 0 saturated heterocycles. The van der Waals surface area contributed by atoms with Gasteiger partial charge in [0.15, 0.2) is 0 Å². The van der Waals surface area contributed by atoms with Crippen LogP contribution < -0.4 is 0 Å². The second-order valence-corrected chi connectivity index (χ2v) is 5.90. The Hall–Kier alpha value is -0.280. The van der Waals surface area contributed by atoms with Gasteiger partial charge in [-0.3, -0.25) is 4.79 Å². The maximum absolute atomic E-state index is 11.5. The van der Waals surface area contributed by atoms with Crippen LogP contribution in [0.3, 0.4) is 0 Å². The summed E-state index contributed by atoms with van der Waals surface area (Å²) < 4.78 is 1.07. The lowest BCUT2D eigenvalue weighted by atomic mass is 10.2. The summed E-state index contributed by atoms with van der Waals surface area (Å²) in [5.74, 6) is 1.72. The van der Waals surface area contributed by atoms with Gasteiger partial charge in [0.2, 0.25) is 0 Å². The fourth-order valence-electron chi connectivity index (χ4n) is 1.42. The minimum Gasteiger partial charge on any atom is -0.299 e. The van der Waals surface area contributed by atoms with Gasteiger partial charge in [-0.25, -0.2) is 0 Å². The smallest absolute Gasteiger partial charge is 0.143 e. The van der Waals surface area contributed by atoms with Crippen LogP contribution in [0.2, 0.25) is 0 Å². The van der Waals surface area contributed by atoms with Crippen molar-refractivity contribution in [3.63, 3.8) is 0 Å². The maximum Gasteiger partial charge on any atom is 0.143 e. The van der Waals surface area contributed by atoms with Gasteiger partial charge in [0.05, 0.1) is 5.75 Å². The molecule has 1 fully saturated rings. The Balaban J connectivity index is 1.78. The van der Waals surface area contributed by atoms with Gasteiger partial charge in [-0.2, -0.15) is 0 Å². The van der Waals surface area contributed by atoms with E-state index in [9.17, 15) is 4.79 Å². The highest BCUT2D eigenvalue weighted by atomic mass is 79.9. The number of ketones is 1. The second-order valence-electron chi connectivity index (χ2n) is 3.93. The molecule has 0 heterocycles. The largest absolute Gasteiger partial charge is 0.299 e. The molecule has 2 rings (SSSR count). The average molecular weight is 285 g/mol. The van der Waals surface area contributed by atoms with E-state index in [1.807, 2.05) is 18.2 Å². The summed E-state index contributed by atoms with van der Waals surface area (Å²) in [6.07, 6.45) is 3.31. The third-order valence-electron chi connectivity index (χ3n) is 2.41. The van der Waals surface area contributed by atoms with Crippen LogP contribution in [0.5, 0.6) is 0 Å². The number of carbonyl (C=O) groups excluding carboxylic acids is 1. The third-order valence-corrected chi connectivity index (χ3v) is 3.96. The molecule has 0 aromatic heterocycles. The predicted octanol–water partition coefficient (Wildman–Crippen LogP) is 3.91. The van der Waals surface area contributed by atoms with Crippen LogP contribution in [0.15, 0.2) is 33.6 Å². The van der Waals surface area contributed by atoms with E-state index < -0.39 is 0 Å². The zero-order chi connectivity index (χ0) is 10.7. The molecule has 0 bridgehead atoms. The van der Waals surface area contributed by atoms with Gasteiger partial charge in [0.1, 0.15) is 5.78 Å². The molecular formula is C12H13BrOS. The molecule has 1 aromatic rings. The molecule has 0 unspecified atom stereocenters. The Morgan fingerprint density at radius 2 is 2.27 bits per heavy atom. The summed E-state index contributed by atoms with van der Waals surface area (Å²) in [6.45, 7) is 0. The highest BCUT2D eigenvalue weighted by Gasteiger charge is 2.23. The SMILES string of the molecule is O=C(CSc1cccc(Br)c1)CC1CC1. The Labute approximate surface area is 103 Å². The first-order valence-electron chi connectivity index (χ1n) is 5.14. The van der Waals surface area contributed by atoms with Gasteiger partial charge >= 0.3 is 0 Å². The summed E-state index contributed by atoms with van der Waals surface area (Å²) >= 11 is 5.05. The van der Waals surface area contributed by atoms with Crippen molar-refractivity contribution in [2.45, 2.75) is 24.2 Å². The van der Waals surface area contributed by atoms with E-state index in [1.54, 1.807) is 11.8 Å². The van der Waals surface area contributed by atoms with Crippen LogP contribution in [0.1, 0.15) is 19.3 Å². The van der Waals surface area contributed by atoms with Crippen molar-refractivity contribution in [2.75, 3.05) is 5.75 Å². The maximum atomic E-state index is 11.5. The number of rotatable bonds is 5. The van der Waals surface area contributed by atoms with Crippen molar-refractivity contribution in [3.05, 3.63) is 28.7 Å². The number of Topliss-reactive ketones (excluding diaryl/α,β-unsaturated/α-hetero) is 1. The van der Waals surface area contributed by atoms with Gasteiger partial charge in [0, 0.05) is 15.8 Å².